The van der Waals surface area contributed by atoms with Gasteiger partial charge >= 0.3 is 11.9 Å². The normalized spacial score (nSPS) is 15.8. The summed E-state index contributed by atoms with van der Waals surface area (Å²) >= 11 is 0. The molecule has 18 heavy (non-hydrogen) atoms. The number of rotatable bonds is 8. The van der Waals surface area contributed by atoms with Crippen molar-refractivity contribution < 1.29 is 29.3 Å². The number of aliphatic carboxylic acids is 2. The highest BCUT2D eigenvalue weighted by atomic mass is 16.5. The molecule has 0 amide bonds. The lowest BCUT2D eigenvalue weighted by molar-refractivity contribution is -0.137. The van der Waals surface area contributed by atoms with Crippen LogP contribution in [0, 0.1) is 11.8 Å². The number of carboxylic acids is 2. The van der Waals surface area contributed by atoms with Gasteiger partial charge in [0.2, 0.25) is 0 Å². The first-order valence-corrected chi connectivity index (χ1v) is 5.55. The zero-order chi connectivity index (χ0) is 14.3. The Kier molecular flexibility index (Phi) is 7.23. The molecule has 0 aromatic heterocycles. The molecule has 0 fully saturated rings. The van der Waals surface area contributed by atoms with E-state index in [4.69, 9.17) is 9.47 Å². The van der Waals surface area contributed by atoms with Crippen molar-refractivity contribution in [2.45, 2.75) is 13.8 Å². The van der Waals surface area contributed by atoms with Gasteiger partial charge in [-0.05, 0) is 0 Å². The molecule has 0 aliphatic heterocycles. The third-order valence-electron chi connectivity index (χ3n) is 2.57. The average Bonchev–Trinajstić information content (AvgIpc) is 2.24. The molecule has 0 aromatic carbocycles. The van der Waals surface area contributed by atoms with Crippen LogP contribution in [0.5, 0.6) is 0 Å². The van der Waals surface area contributed by atoms with Crippen molar-refractivity contribution in [2.24, 2.45) is 11.8 Å². The smallest absolute Gasteiger partial charge is 0.332 e. The van der Waals surface area contributed by atoms with Gasteiger partial charge in [0.15, 0.2) is 0 Å². The third kappa shape index (κ3) is 4.46. The monoisotopic (exact) mass is 260 g/mol. The average molecular weight is 260 g/mol. The molecule has 0 rings (SSSR count). The van der Waals surface area contributed by atoms with E-state index < -0.39 is 23.8 Å². The van der Waals surface area contributed by atoms with Crippen LogP contribution in [0.25, 0.3) is 0 Å². The third-order valence-corrected chi connectivity index (χ3v) is 2.57. The summed E-state index contributed by atoms with van der Waals surface area (Å²) in [5.41, 5.74) is -0.261. The molecule has 6 nitrogen and oxygen atoms in total. The Morgan fingerprint density at radius 1 is 0.889 bits per heavy atom. The minimum Gasteiger partial charge on any atom is -0.478 e. The van der Waals surface area contributed by atoms with Crippen molar-refractivity contribution in [1.29, 1.82) is 0 Å². The van der Waals surface area contributed by atoms with Crippen molar-refractivity contribution >= 4 is 11.9 Å². The van der Waals surface area contributed by atoms with Gasteiger partial charge in [-0.2, -0.15) is 0 Å². The van der Waals surface area contributed by atoms with Gasteiger partial charge in [-0.15, -0.1) is 0 Å². The standard InChI is InChI=1S/C12H20O6/c1-7(5-17-3)9(11(13)14)10(12(15)16)8(2)6-18-4/h7-8H,5-6H2,1-4H3,(H,13,14)(H,15,16)/b10-9-/t7-,8-/m0/s1. The molecule has 0 unspecified atom stereocenters. The summed E-state index contributed by atoms with van der Waals surface area (Å²) in [6.45, 7) is 3.54. The maximum atomic E-state index is 11.3. The number of hydrogen-bond donors (Lipinski definition) is 2. The van der Waals surface area contributed by atoms with Gasteiger partial charge in [0.05, 0.1) is 24.4 Å². The van der Waals surface area contributed by atoms with E-state index in [0.717, 1.165) is 0 Å². The second-order valence-corrected chi connectivity index (χ2v) is 4.15. The van der Waals surface area contributed by atoms with Crippen LogP contribution >= 0.6 is 0 Å². The van der Waals surface area contributed by atoms with E-state index in [1.54, 1.807) is 13.8 Å². The van der Waals surface area contributed by atoms with E-state index in [1.165, 1.54) is 14.2 Å². The molecular weight excluding hydrogens is 240 g/mol. The van der Waals surface area contributed by atoms with Crippen molar-refractivity contribution in [3.63, 3.8) is 0 Å². The highest BCUT2D eigenvalue weighted by Gasteiger charge is 2.28. The topological polar surface area (TPSA) is 93.1 Å². The predicted octanol–water partition coefficient (Wildman–Crippen LogP) is 1.02. The van der Waals surface area contributed by atoms with Crippen LogP contribution in [0.4, 0.5) is 0 Å². The first kappa shape index (κ1) is 16.6. The molecule has 0 saturated carbocycles. The van der Waals surface area contributed by atoms with Gasteiger partial charge in [-0.3, -0.25) is 0 Å². The fraction of sp³-hybridized carbons (Fsp3) is 0.667. The summed E-state index contributed by atoms with van der Waals surface area (Å²) in [4.78, 5) is 22.5. The van der Waals surface area contributed by atoms with Crippen LogP contribution in [0.15, 0.2) is 11.1 Å². The molecule has 2 N–H and O–H groups in total. The second-order valence-electron chi connectivity index (χ2n) is 4.15. The minimum atomic E-state index is -1.24. The lowest BCUT2D eigenvalue weighted by atomic mass is 9.89. The second kappa shape index (κ2) is 7.84. The van der Waals surface area contributed by atoms with Crippen LogP contribution in [0.1, 0.15) is 13.8 Å². The lowest BCUT2D eigenvalue weighted by Crippen LogP contribution is -2.25. The molecule has 0 bridgehead atoms. The number of ether oxygens (including phenoxy) is 2. The fourth-order valence-corrected chi connectivity index (χ4v) is 1.85. The van der Waals surface area contributed by atoms with E-state index >= 15 is 0 Å². The quantitative estimate of drug-likeness (QED) is 0.633. The molecule has 2 atom stereocenters. The van der Waals surface area contributed by atoms with Gasteiger partial charge in [-0.1, -0.05) is 13.8 Å². The lowest BCUT2D eigenvalue weighted by Gasteiger charge is -2.19. The molecule has 0 spiro atoms. The first-order valence-electron chi connectivity index (χ1n) is 5.55. The number of carbonyl (C=O) groups is 2. The minimum absolute atomic E-state index is 0.131. The Morgan fingerprint density at radius 2 is 1.17 bits per heavy atom. The summed E-state index contributed by atoms with van der Waals surface area (Å²) in [5.74, 6) is -3.48. The maximum absolute atomic E-state index is 11.3. The summed E-state index contributed by atoms with van der Waals surface area (Å²) < 4.78 is 9.77. The summed E-state index contributed by atoms with van der Waals surface area (Å²) in [6, 6.07) is 0. The Hall–Kier alpha value is -1.40. The van der Waals surface area contributed by atoms with Crippen LogP contribution in [0.3, 0.4) is 0 Å². The zero-order valence-corrected chi connectivity index (χ0v) is 11.1. The summed E-state index contributed by atoms with van der Waals surface area (Å²) in [6.07, 6.45) is 0. The Balaban J connectivity index is 5.57. The van der Waals surface area contributed by atoms with Gasteiger partial charge < -0.3 is 19.7 Å². The SMILES string of the molecule is COC[C@H](C)/C(C(=O)O)=C(/C(=O)O)[C@@H](C)COC. The van der Waals surface area contributed by atoms with Crippen molar-refractivity contribution in [1.82, 2.24) is 0 Å². The van der Waals surface area contributed by atoms with E-state index in [0.29, 0.717) is 0 Å². The van der Waals surface area contributed by atoms with Gasteiger partial charge in [0.25, 0.3) is 0 Å². The van der Waals surface area contributed by atoms with Crippen LogP contribution in [-0.4, -0.2) is 49.6 Å². The van der Waals surface area contributed by atoms with Crippen molar-refractivity contribution in [2.75, 3.05) is 27.4 Å². The Morgan fingerprint density at radius 3 is 1.33 bits per heavy atom. The molecule has 0 saturated heterocycles. The van der Waals surface area contributed by atoms with Crippen LogP contribution in [0.2, 0.25) is 0 Å². The molecule has 104 valence electrons. The Labute approximate surface area is 106 Å². The molecule has 6 heteroatoms. The van der Waals surface area contributed by atoms with E-state index in [1.807, 2.05) is 0 Å². The van der Waals surface area contributed by atoms with E-state index in [2.05, 4.69) is 0 Å². The van der Waals surface area contributed by atoms with Crippen molar-refractivity contribution in [3.8, 4) is 0 Å². The highest BCUT2D eigenvalue weighted by molar-refractivity contribution is 5.99. The Bertz CT molecular complexity index is 301. The zero-order valence-electron chi connectivity index (χ0n) is 11.1. The predicted molar refractivity (Wildman–Crippen MR) is 64.4 cm³/mol. The van der Waals surface area contributed by atoms with Crippen LogP contribution in [-0.2, 0) is 19.1 Å². The number of methoxy groups -OCH3 is 2. The maximum Gasteiger partial charge on any atom is 0.332 e. The summed E-state index contributed by atoms with van der Waals surface area (Å²) in [7, 11) is 2.88. The molecular formula is C12H20O6. The van der Waals surface area contributed by atoms with Gasteiger partial charge in [0.1, 0.15) is 0 Å². The largest absolute Gasteiger partial charge is 0.478 e. The molecule has 0 aliphatic rings. The summed E-state index contributed by atoms with van der Waals surface area (Å²) in [5, 5.41) is 18.4. The van der Waals surface area contributed by atoms with Gasteiger partial charge in [0, 0.05) is 26.1 Å². The molecule has 0 aromatic rings. The molecule has 0 radical (unpaired) electrons. The van der Waals surface area contributed by atoms with E-state index in [9.17, 15) is 19.8 Å². The van der Waals surface area contributed by atoms with Crippen molar-refractivity contribution in [3.05, 3.63) is 11.1 Å². The molecule has 0 heterocycles. The number of hydrogen-bond acceptors (Lipinski definition) is 4. The number of carboxylic acid groups (broad SMARTS) is 2. The first-order chi connectivity index (χ1) is 8.36. The highest BCUT2D eigenvalue weighted by Crippen LogP contribution is 2.23. The van der Waals surface area contributed by atoms with E-state index in [-0.39, 0.29) is 24.4 Å². The molecule has 0 aliphatic carbocycles. The van der Waals surface area contributed by atoms with Gasteiger partial charge in [-0.25, -0.2) is 9.59 Å². The fourth-order valence-electron chi connectivity index (χ4n) is 1.85. The van der Waals surface area contributed by atoms with Crippen LogP contribution < -0.4 is 0 Å².